The molecule has 1 saturated heterocycles. The third kappa shape index (κ3) is 4.14. The summed E-state index contributed by atoms with van der Waals surface area (Å²) in [6.45, 7) is -0.473. The summed E-state index contributed by atoms with van der Waals surface area (Å²) >= 11 is 0. The Bertz CT molecular complexity index is 1670. The Hall–Kier alpha value is -3.68. The standard InChI is InChI=1S/C23H21FN4O6S2/c24-22-18-9-14(5-6-15(18)10-20(29)23(22)28-12-21(30)26-36(28,33)34)16-7-8-27(11-16)35(31,32)13-17-3-1-2-4-19(17)25/h1-7,9-10,29H,8,11-13,25H2,(H,26,30). The van der Waals surface area contributed by atoms with Crippen molar-refractivity contribution in [2.45, 2.75) is 5.75 Å². The van der Waals surface area contributed by atoms with Crippen molar-refractivity contribution in [2.24, 2.45) is 0 Å². The van der Waals surface area contributed by atoms with Gasteiger partial charge in [-0.25, -0.2) is 21.8 Å². The lowest BCUT2D eigenvalue weighted by Gasteiger charge is -2.19. The number of fused-ring (bicyclic) bond motifs is 1. The largest absolute Gasteiger partial charge is 0.506 e. The molecule has 4 N–H and O–H groups in total. The maximum atomic E-state index is 15.5. The fraction of sp³-hybridized carbons (Fsp3) is 0.174. The summed E-state index contributed by atoms with van der Waals surface area (Å²) < 4.78 is 69.4. The maximum absolute atomic E-state index is 15.5. The van der Waals surface area contributed by atoms with Crippen LogP contribution in [0.25, 0.3) is 16.3 Å². The second kappa shape index (κ2) is 8.47. The molecule has 0 spiro atoms. The molecule has 0 radical (unpaired) electrons. The van der Waals surface area contributed by atoms with E-state index in [0.29, 0.717) is 32.1 Å². The zero-order valence-electron chi connectivity index (χ0n) is 18.7. The van der Waals surface area contributed by atoms with E-state index < -0.39 is 49.9 Å². The number of phenolic OH excluding ortho intramolecular Hbond substituents is 1. The molecule has 1 amide bonds. The van der Waals surface area contributed by atoms with Crippen molar-refractivity contribution in [3.8, 4) is 5.75 Å². The predicted molar refractivity (Wildman–Crippen MR) is 133 cm³/mol. The smallest absolute Gasteiger partial charge is 0.326 e. The van der Waals surface area contributed by atoms with E-state index in [9.17, 15) is 26.7 Å². The monoisotopic (exact) mass is 532 g/mol. The number of nitrogen functional groups attached to an aromatic ring is 1. The number of amides is 1. The van der Waals surface area contributed by atoms with Gasteiger partial charge in [0.15, 0.2) is 5.82 Å². The van der Waals surface area contributed by atoms with E-state index in [0.717, 1.165) is 0 Å². The van der Waals surface area contributed by atoms with Crippen molar-refractivity contribution >= 4 is 53.9 Å². The number of carbonyl (C=O) groups excluding carboxylic acids is 1. The number of aromatic hydroxyl groups is 1. The number of nitrogens with two attached hydrogens (primary N) is 1. The highest BCUT2D eigenvalue weighted by molar-refractivity contribution is 7.92. The van der Waals surface area contributed by atoms with E-state index in [1.807, 2.05) is 0 Å². The minimum atomic E-state index is -4.34. The lowest BCUT2D eigenvalue weighted by atomic mass is 10.0. The molecule has 2 aliphatic rings. The fourth-order valence-electron chi connectivity index (χ4n) is 4.32. The zero-order valence-corrected chi connectivity index (χ0v) is 20.3. The number of halogens is 1. The van der Waals surface area contributed by atoms with Gasteiger partial charge in [0.05, 0.1) is 5.75 Å². The van der Waals surface area contributed by atoms with E-state index in [1.54, 1.807) is 47.2 Å². The van der Waals surface area contributed by atoms with Gasteiger partial charge in [0, 0.05) is 24.2 Å². The van der Waals surface area contributed by atoms with Crippen LogP contribution in [0.3, 0.4) is 0 Å². The molecule has 0 aliphatic carbocycles. The first-order valence-corrected chi connectivity index (χ1v) is 13.8. The topological polar surface area (TPSA) is 150 Å². The molecule has 2 aliphatic heterocycles. The van der Waals surface area contributed by atoms with Gasteiger partial charge in [0.1, 0.15) is 18.0 Å². The van der Waals surface area contributed by atoms with Crippen LogP contribution in [0.15, 0.2) is 54.6 Å². The van der Waals surface area contributed by atoms with Gasteiger partial charge in [0.25, 0.3) is 5.91 Å². The molecule has 0 aromatic heterocycles. The Morgan fingerprint density at radius 3 is 2.56 bits per heavy atom. The van der Waals surface area contributed by atoms with Gasteiger partial charge in [-0.1, -0.05) is 36.4 Å². The Labute approximate surface area is 206 Å². The lowest BCUT2D eigenvalue weighted by Crippen LogP contribution is -2.30. The van der Waals surface area contributed by atoms with Crippen LogP contribution in [0, 0.1) is 5.82 Å². The molecule has 13 heteroatoms. The Balaban J connectivity index is 1.45. The first kappa shape index (κ1) is 24.0. The minimum absolute atomic E-state index is 0.00844. The van der Waals surface area contributed by atoms with Gasteiger partial charge < -0.3 is 10.8 Å². The second-order valence-electron chi connectivity index (χ2n) is 8.51. The lowest BCUT2D eigenvalue weighted by molar-refractivity contribution is -0.117. The number of para-hydroxylation sites is 1. The third-order valence-corrected chi connectivity index (χ3v) is 9.27. The molecule has 1 fully saturated rings. The first-order chi connectivity index (χ1) is 17.0. The molecule has 188 valence electrons. The van der Waals surface area contributed by atoms with Crippen molar-refractivity contribution < 1.29 is 31.1 Å². The molecular weight excluding hydrogens is 511 g/mol. The molecule has 36 heavy (non-hydrogen) atoms. The van der Waals surface area contributed by atoms with Crippen molar-refractivity contribution in [3.63, 3.8) is 0 Å². The highest BCUT2D eigenvalue weighted by atomic mass is 32.2. The molecule has 5 rings (SSSR count). The minimum Gasteiger partial charge on any atom is -0.506 e. The molecule has 0 atom stereocenters. The number of nitrogens with zero attached hydrogens (tertiary/aromatic N) is 2. The van der Waals surface area contributed by atoms with Crippen LogP contribution in [0.4, 0.5) is 15.8 Å². The second-order valence-corrected chi connectivity index (χ2v) is 12.1. The van der Waals surface area contributed by atoms with Crippen LogP contribution in [0.5, 0.6) is 5.75 Å². The summed E-state index contributed by atoms with van der Waals surface area (Å²) in [6, 6.07) is 12.6. The Morgan fingerprint density at radius 2 is 1.86 bits per heavy atom. The molecule has 0 bridgehead atoms. The van der Waals surface area contributed by atoms with Gasteiger partial charge in [0.2, 0.25) is 10.0 Å². The Kier molecular flexibility index (Phi) is 5.65. The van der Waals surface area contributed by atoms with Crippen LogP contribution in [-0.2, 0) is 30.8 Å². The van der Waals surface area contributed by atoms with Gasteiger partial charge in [-0.3, -0.25) is 4.79 Å². The molecule has 0 unspecified atom stereocenters. The van der Waals surface area contributed by atoms with Crippen molar-refractivity contribution in [2.75, 3.05) is 29.7 Å². The number of hydrogen-bond donors (Lipinski definition) is 3. The van der Waals surface area contributed by atoms with Crippen molar-refractivity contribution in [3.05, 3.63) is 71.6 Å². The van der Waals surface area contributed by atoms with Crippen LogP contribution in [-0.4, -0.2) is 51.8 Å². The van der Waals surface area contributed by atoms with Crippen molar-refractivity contribution in [1.29, 1.82) is 0 Å². The van der Waals surface area contributed by atoms with Crippen LogP contribution in [0.1, 0.15) is 11.1 Å². The number of nitrogens with one attached hydrogen (secondary N) is 1. The van der Waals surface area contributed by atoms with Crippen LogP contribution < -0.4 is 14.8 Å². The highest BCUT2D eigenvalue weighted by Gasteiger charge is 2.38. The third-order valence-electron chi connectivity index (χ3n) is 6.15. The van der Waals surface area contributed by atoms with E-state index in [1.165, 1.54) is 16.4 Å². The number of hydrogen-bond acceptors (Lipinski definition) is 7. The average molecular weight is 533 g/mol. The van der Waals surface area contributed by atoms with Gasteiger partial charge in [-0.2, -0.15) is 12.7 Å². The molecular formula is C23H21FN4O6S2. The molecule has 10 nitrogen and oxygen atoms in total. The summed E-state index contributed by atoms with van der Waals surface area (Å²) in [6.07, 6.45) is 1.72. The van der Waals surface area contributed by atoms with E-state index in [2.05, 4.69) is 0 Å². The van der Waals surface area contributed by atoms with E-state index in [-0.39, 0.29) is 24.2 Å². The number of anilines is 2. The SMILES string of the molecule is Nc1ccccc1CS(=O)(=O)N1CC=C(c2ccc3cc(O)c(N4CC(=O)NS4(=O)=O)c(F)c3c2)C1. The van der Waals surface area contributed by atoms with Gasteiger partial charge in [-0.15, -0.1) is 0 Å². The van der Waals surface area contributed by atoms with Gasteiger partial charge >= 0.3 is 10.2 Å². The quantitative estimate of drug-likeness (QED) is 0.423. The van der Waals surface area contributed by atoms with E-state index >= 15 is 4.39 Å². The summed E-state index contributed by atoms with van der Waals surface area (Å²) in [7, 11) is -8.03. The number of phenols is 1. The predicted octanol–water partition coefficient (Wildman–Crippen LogP) is 1.68. The number of rotatable bonds is 5. The van der Waals surface area contributed by atoms with Gasteiger partial charge in [-0.05, 0) is 40.3 Å². The number of sulfonamides is 1. The number of carbonyl (C=O) groups is 1. The summed E-state index contributed by atoms with van der Waals surface area (Å²) in [5.41, 5.74) is 7.31. The molecule has 3 aromatic carbocycles. The summed E-state index contributed by atoms with van der Waals surface area (Å²) in [4.78, 5) is 11.6. The maximum Gasteiger partial charge on any atom is 0.326 e. The van der Waals surface area contributed by atoms with Crippen LogP contribution in [0.2, 0.25) is 0 Å². The molecule has 0 saturated carbocycles. The first-order valence-electron chi connectivity index (χ1n) is 10.8. The van der Waals surface area contributed by atoms with Crippen LogP contribution >= 0.6 is 0 Å². The molecule has 3 aromatic rings. The normalized spacial score (nSPS) is 18.0. The number of benzene rings is 3. The summed E-state index contributed by atoms with van der Waals surface area (Å²) in [5, 5.41) is 10.6. The summed E-state index contributed by atoms with van der Waals surface area (Å²) in [5.74, 6) is -2.76. The average Bonchev–Trinajstić information content (AvgIpc) is 3.40. The highest BCUT2D eigenvalue weighted by Crippen LogP contribution is 2.39. The van der Waals surface area contributed by atoms with E-state index in [4.69, 9.17) is 5.73 Å². The van der Waals surface area contributed by atoms with Crippen molar-refractivity contribution in [1.82, 2.24) is 9.03 Å². The zero-order chi connectivity index (χ0) is 25.8. The molecule has 2 heterocycles. The Morgan fingerprint density at radius 1 is 1.11 bits per heavy atom. The fourth-order valence-corrected chi connectivity index (χ4v) is 6.96.